The second-order valence-electron chi connectivity index (χ2n) is 7.08. The molecule has 3 aromatic carbocycles. The highest BCUT2D eigenvalue weighted by molar-refractivity contribution is 9.10. The summed E-state index contributed by atoms with van der Waals surface area (Å²) in [5, 5.41) is 4.73. The topological polar surface area (TPSA) is 69.2 Å². The number of thioether (sulfide) groups is 1. The van der Waals surface area contributed by atoms with Gasteiger partial charge in [-0.3, -0.25) is 4.79 Å². The number of rotatable bonds is 11. The lowest BCUT2D eigenvalue weighted by Crippen LogP contribution is -2.19. The van der Waals surface area contributed by atoms with E-state index in [4.69, 9.17) is 25.8 Å². The third kappa shape index (κ3) is 7.97. The van der Waals surface area contributed by atoms with Crippen molar-refractivity contribution in [3.8, 4) is 17.2 Å². The molecule has 0 saturated carbocycles. The molecule has 0 aliphatic rings. The van der Waals surface area contributed by atoms with E-state index in [0.717, 1.165) is 28.2 Å². The minimum Gasteiger partial charge on any atom is -0.497 e. The summed E-state index contributed by atoms with van der Waals surface area (Å²) >= 11 is 11.0. The number of carbonyl (C=O) groups is 1. The number of hydrazone groups is 1. The average molecular weight is 564 g/mol. The third-order valence-corrected chi connectivity index (χ3v) is 6.46. The van der Waals surface area contributed by atoms with Crippen LogP contribution in [0.2, 0.25) is 5.02 Å². The van der Waals surface area contributed by atoms with Crippen molar-refractivity contribution in [2.24, 2.45) is 5.10 Å². The number of hydrogen-bond donors (Lipinski definition) is 1. The van der Waals surface area contributed by atoms with Gasteiger partial charge in [0.15, 0.2) is 11.5 Å². The van der Waals surface area contributed by atoms with Gasteiger partial charge < -0.3 is 14.2 Å². The molecule has 34 heavy (non-hydrogen) atoms. The summed E-state index contributed by atoms with van der Waals surface area (Å²) in [6, 6.07) is 18.8. The lowest BCUT2D eigenvalue weighted by molar-refractivity contribution is -0.118. The van der Waals surface area contributed by atoms with Crippen LogP contribution in [0.15, 0.2) is 70.2 Å². The number of methoxy groups -OCH3 is 2. The first-order valence-corrected chi connectivity index (χ1v) is 12.6. The van der Waals surface area contributed by atoms with Crippen LogP contribution in [0.3, 0.4) is 0 Å². The van der Waals surface area contributed by atoms with Crippen molar-refractivity contribution in [1.82, 2.24) is 5.43 Å². The van der Waals surface area contributed by atoms with Crippen LogP contribution in [0.5, 0.6) is 17.2 Å². The molecule has 0 atom stereocenters. The molecule has 3 rings (SSSR count). The number of hydrogen-bond acceptors (Lipinski definition) is 6. The Bertz CT molecular complexity index is 1130. The Labute approximate surface area is 216 Å². The molecule has 1 amide bonds. The van der Waals surface area contributed by atoms with Gasteiger partial charge in [0.05, 0.1) is 30.7 Å². The van der Waals surface area contributed by atoms with Crippen molar-refractivity contribution in [2.75, 3.05) is 20.0 Å². The standard InChI is InChI=1S/C25H24BrClN2O4S/c1-31-21-9-5-18(6-10-21)15-34-16-24(30)29-28-13-19-11-22(26)25(23(12-19)32-2)33-14-17-3-7-20(27)8-4-17/h3-13H,14-16H2,1-2H3,(H,29,30)/b28-13-. The van der Waals surface area contributed by atoms with Gasteiger partial charge in [0.25, 0.3) is 0 Å². The number of benzene rings is 3. The second kappa shape index (κ2) is 13.3. The molecule has 178 valence electrons. The molecule has 6 nitrogen and oxygen atoms in total. The molecular weight excluding hydrogens is 540 g/mol. The van der Waals surface area contributed by atoms with Crippen molar-refractivity contribution in [2.45, 2.75) is 12.4 Å². The molecule has 0 saturated heterocycles. The van der Waals surface area contributed by atoms with E-state index in [0.29, 0.717) is 33.4 Å². The van der Waals surface area contributed by atoms with Crippen molar-refractivity contribution in [3.63, 3.8) is 0 Å². The zero-order valence-electron chi connectivity index (χ0n) is 18.7. The summed E-state index contributed by atoms with van der Waals surface area (Å²) in [7, 11) is 3.20. The fourth-order valence-corrected chi connectivity index (χ4v) is 4.37. The molecule has 3 aromatic rings. The zero-order valence-corrected chi connectivity index (χ0v) is 21.9. The Morgan fingerprint density at radius 2 is 1.76 bits per heavy atom. The van der Waals surface area contributed by atoms with Gasteiger partial charge in [0.1, 0.15) is 12.4 Å². The van der Waals surface area contributed by atoms with Gasteiger partial charge in [-0.15, -0.1) is 11.8 Å². The first-order chi connectivity index (χ1) is 16.5. The SMILES string of the molecule is COc1ccc(CSCC(=O)N/N=C\c2cc(Br)c(OCc3ccc(Cl)cc3)c(OC)c2)cc1. The van der Waals surface area contributed by atoms with E-state index >= 15 is 0 Å². The van der Waals surface area contributed by atoms with E-state index in [-0.39, 0.29) is 5.91 Å². The van der Waals surface area contributed by atoms with Gasteiger partial charge in [-0.05, 0) is 69.0 Å². The van der Waals surface area contributed by atoms with Crippen LogP contribution in [0.4, 0.5) is 0 Å². The van der Waals surface area contributed by atoms with Gasteiger partial charge in [0, 0.05) is 10.8 Å². The van der Waals surface area contributed by atoms with Crippen LogP contribution in [0.1, 0.15) is 16.7 Å². The highest BCUT2D eigenvalue weighted by Crippen LogP contribution is 2.37. The monoisotopic (exact) mass is 562 g/mol. The molecule has 0 aliphatic heterocycles. The fraction of sp³-hybridized carbons (Fsp3) is 0.200. The fourth-order valence-electron chi connectivity index (χ4n) is 2.88. The van der Waals surface area contributed by atoms with Gasteiger partial charge >= 0.3 is 0 Å². The first-order valence-electron chi connectivity index (χ1n) is 10.3. The summed E-state index contributed by atoms with van der Waals surface area (Å²) < 4.78 is 17.3. The van der Waals surface area contributed by atoms with Crippen LogP contribution in [0, 0.1) is 0 Å². The quantitative estimate of drug-likeness (QED) is 0.226. The molecule has 0 fully saturated rings. The van der Waals surface area contributed by atoms with E-state index in [1.54, 1.807) is 26.5 Å². The molecule has 0 unspecified atom stereocenters. The molecule has 0 bridgehead atoms. The molecule has 0 radical (unpaired) electrons. The minimum absolute atomic E-state index is 0.177. The van der Waals surface area contributed by atoms with Crippen molar-refractivity contribution < 1.29 is 19.0 Å². The summed E-state index contributed by atoms with van der Waals surface area (Å²) in [5.41, 5.74) is 5.40. The predicted molar refractivity (Wildman–Crippen MR) is 141 cm³/mol. The van der Waals surface area contributed by atoms with Crippen molar-refractivity contribution in [3.05, 3.63) is 86.8 Å². The first kappa shape index (κ1) is 25.9. The number of nitrogens with one attached hydrogen (secondary N) is 1. The van der Waals surface area contributed by atoms with Gasteiger partial charge in [0.2, 0.25) is 5.91 Å². The van der Waals surface area contributed by atoms with E-state index in [1.807, 2.05) is 54.6 Å². The van der Waals surface area contributed by atoms with E-state index in [1.165, 1.54) is 11.8 Å². The largest absolute Gasteiger partial charge is 0.497 e. The molecule has 0 aliphatic carbocycles. The molecule has 1 N–H and O–H groups in total. The normalized spacial score (nSPS) is 10.8. The third-order valence-electron chi connectivity index (χ3n) is 4.61. The smallest absolute Gasteiger partial charge is 0.250 e. The lowest BCUT2D eigenvalue weighted by Gasteiger charge is -2.13. The van der Waals surface area contributed by atoms with Crippen molar-refractivity contribution >= 4 is 51.4 Å². The summed E-state index contributed by atoms with van der Waals surface area (Å²) in [5.74, 6) is 2.78. The zero-order chi connectivity index (χ0) is 24.3. The van der Waals surface area contributed by atoms with Crippen LogP contribution in [-0.2, 0) is 17.2 Å². The van der Waals surface area contributed by atoms with Crippen LogP contribution in [-0.4, -0.2) is 32.1 Å². The van der Waals surface area contributed by atoms with Gasteiger partial charge in [-0.25, -0.2) is 5.43 Å². The minimum atomic E-state index is -0.177. The maximum Gasteiger partial charge on any atom is 0.250 e. The number of nitrogens with zero attached hydrogens (tertiary/aromatic N) is 1. The Morgan fingerprint density at radius 3 is 2.44 bits per heavy atom. The predicted octanol–water partition coefficient (Wildman–Crippen LogP) is 6.08. The Hall–Kier alpha value is -2.68. The molecule has 0 heterocycles. The second-order valence-corrected chi connectivity index (χ2v) is 9.36. The Morgan fingerprint density at radius 1 is 1.06 bits per heavy atom. The number of halogens is 2. The van der Waals surface area contributed by atoms with E-state index < -0.39 is 0 Å². The highest BCUT2D eigenvalue weighted by atomic mass is 79.9. The molecule has 0 spiro atoms. The van der Waals surface area contributed by atoms with Crippen molar-refractivity contribution in [1.29, 1.82) is 0 Å². The van der Waals surface area contributed by atoms with Crippen LogP contribution in [0.25, 0.3) is 0 Å². The highest BCUT2D eigenvalue weighted by Gasteiger charge is 2.12. The summed E-state index contributed by atoms with van der Waals surface area (Å²) in [6.07, 6.45) is 1.56. The number of amides is 1. The Kier molecular flexibility index (Phi) is 10.1. The Balaban J connectivity index is 1.50. The average Bonchev–Trinajstić information content (AvgIpc) is 2.84. The summed E-state index contributed by atoms with van der Waals surface area (Å²) in [6.45, 7) is 0.365. The van der Waals surface area contributed by atoms with Crippen LogP contribution < -0.4 is 19.6 Å². The molecule has 0 aromatic heterocycles. The van der Waals surface area contributed by atoms with Crippen LogP contribution >= 0.6 is 39.3 Å². The van der Waals surface area contributed by atoms with Gasteiger partial charge in [-0.2, -0.15) is 5.10 Å². The number of ether oxygens (including phenoxy) is 3. The summed E-state index contributed by atoms with van der Waals surface area (Å²) in [4.78, 5) is 12.1. The van der Waals surface area contributed by atoms with Gasteiger partial charge in [-0.1, -0.05) is 35.9 Å². The maximum atomic E-state index is 12.1. The lowest BCUT2D eigenvalue weighted by atomic mass is 10.2. The number of carbonyl (C=O) groups excluding carboxylic acids is 1. The molecule has 9 heteroatoms. The molecular formula is C25H24BrClN2O4S. The van der Waals surface area contributed by atoms with E-state index in [2.05, 4.69) is 26.5 Å². The van der Waals surface area contributed by atoms with E-state index in [9.17, 15) is 4.79 Å². The maximum absolute atomic E-state index is 12.1.